The lowest BCUT2D eigenvalue weighted by molar-refractivity contribution is -0.298. The molecule has 6 nitrogen and oxygen atoms in total. The lowest BCUT2D eigenvalue weighted by Crippen LogP contribution is -2.59. The van der Waals surface area contributed by atoms with Crippen LogP contribution in [0, 0.1) is 0 Å². The molecule has 4 N–H and O–H groups in total. The second-order valence-electron chi connectivity index (χ2n) is 3.82. The molecule has 0 aromatic rings. The maximum Gasteiger partial charge on any atom is 0.187 e. The molecule has 0 saturated carbocycles. The van der Waals surface area contributed by atoms with Crippen molar-refractivity contribution >= 4 is 0 Å². The zero-order chi connectivity index (χ0) is 13.0. The fraction of sp³-hybridized carbons (Fsp3) is 0.800. The Kier molecular flexibility index (Phi) is 5.44. The summed E-state index contributed by atoms with van der Waals surface area (Å²) in [5.41, 5.74) is 0. The standard InChI is InChI=1S/C10H17FO6/c1-5(11)2-3-16-10-9(15)8(14)7(13)6(4-12)17-10/h2,6-10,12-15H,3-4H2,1H3/b5-2-/t6?,7?,8?,9?,10-/m1/s1. The highest BCUT2D eigenvalue weighted by Crippen LogP contribution is 2.21. The van der Waals surface area contributed by atoms with Crippen LogP contribution in [0.15, 0.2) is 11.9 Å². The molecule has 1 aliphatic rings. The first kappa shape index (κ1) is 14.5. The number of rotatable bonds is 4. The number of hydrogen-bond acceptors (Lipinski definition) is 6. The van der Waals surface area contributed by atoms with Gasteiger partial charge in [0.25, 0.3) is 0 Å². The van der Waals surface area contributed by atoms with Crippen LogP contribution in [-0.4, -0.2) is 64.3 Å². The Bertz CT molecular complexity index is 266. The van der Waals surface area contributed by atoms with E-state index in [-0.39, 0.29) is 6.61 Å². The molecular weight excluding hydrogens is 235 g/mol. The van der Waals surface area contributed by atoms with E-state index in [4.69, 9.17) is 14.6 Å². The summed E-state index contributed by atoms with van der Waals surface area (Å²) in [6.07, 6.45) is -5.48. The summed E-state index contributed by atoms with van der Waals surface area (Å²) in [5.74, 6) is -0.449. The molecule has 1 fully saturated rings. The first-order valence-corrected chi connectivity index (χ1v) is 5.21. The Balaban J connectivity index is 2.56. The van der Waals surface area contributed by atoms with Gasteiger partial charge in [0.15, 0.2) is 6.29 Å². The van der Waals surface area contributed by atoms with Crippen molar-refractivity contribution < 1.29 is 34.3 Å². The Morgan fingerprint density at radius 1 is 1.29 bits per heavy atom. The normalized spacial score (nSPS) is 39.4. The second kappa shape index (κ2) is 6.39. The minimum absolute atomic E-state index is 0.148. The topological polar surface area (TPSA) is 99.4 Å². The maximum atomic E-state index is 12.4. The number of aliphatic hydroxyl groups excluding tert-OH is 4. The van der Waals surface area contributed by atoms with E-state index in [1.807, 2.05) is 0 Å². The van der Waals surface area contributed by atoms with E-state index in [9.17, 15) is 19.7 Å². The van der Waals surface area contributed by atoms with Gasteiger partial charge in [0, 0.05) is 0 Å². The highest BCUT2D eigenvalue weighted by molar-refractivity contribution is 4.90. The Hall–Kier alpha value is -0.570. The molecule has 0 bridgehead atoms. The van der Waals surface area contributed by atoms with Gasteiger partial charge in [-0.1, -0.05) is 0 Å². The first-order chi connectivity index (χ1) is 7.97. The van der Waals surface area contributed by atoms with Gasteiger partial charge in [-0.25, -0.2) is 4.39 Å². The van der Waals surface area contributed by atoms with E-state index in [1.54, 1.807) is 0 Å². The summed E-state index contributed by atoms with van der Waals surface area (Å²) in [7, 11) is 0. The van der Waals surface area contributed by atoms with Gasteiger partial charge in [0.05, 0.1) is 19.0 Å². The van der Waals surface area contributed by atoms with Crippen molar-refractivity contribution in [3.63, 3.8) is 0 Å². The molecule has 0 amide bonds. The number of aliphatic hydroxyl groups is 4. The van der Waals surface area contributed by atoms with Crippen LogP contribution < -0.4 is 0 Å². The molecule has 1 saturated heterocycles. The van der Waals surface area contributed by atoms with Crippen LogP contribution in [0.25, 0.3) is 0 Å². The van der Waals surface area contributed by atoms with Gasteiger partial charge in [-0.3, -0.25) is 0 Å². The molecule has 0 aromatic carbocycles. The molecule has 5 atom stereocenters. The van der Waals surface area contributed by atoms with Crippen LogP contribution in [0.5, 0.6) is 0 Å². The van der Waals surface area contributed by atoms with E-state index >= 15 is 0 Å². The highest BCUT2D eigenvalue weighted by atomic mass is 19.1. The predicted molar refractivity (Wildman–Crippen MR) is 54.6 cm³/mol. The van der Waals surface area contributed by atoms with Gasteiger partial charge in [0.2, 0.25) is 0 Å². The SMILES string of the molecule is C/C(F)=C/CO[C@@H]1OC(CO)C(O)C(O)C1O. The van der Waals surface area contributed by atoms with Crippen molar-refractivity contribution in [3.05, 3.63) is 11.9 Å². The van der Waals surface area contributed by atoms with Gasteiger partial charge >= 0.3 is 0 Å². The van der Waals surface area contributed by atoms with Crippen molar-refractivity contribution in [2.24, 2.45) is 0 Å². The molecule has 4 unspecified atom stereocenters. The fourth-order valence-electron chi connectivity index (χ4n) is 1.46. The summed E-state index contributed by atoms with van der Waals surface area (Å²) < 4.78 is 22.4. The molecule has 100 valence electrons. The molecule has 1 aliphatic heterocycles. The smallest absolute Gasteiger partial charge is 0.187 e. The van der Waals surface area contributed by atoms with Gasteiger partial charge in [-0.2, -0.15) is 0 Å². The van der Waals surface area contributed by atoms with E-state index in [0.29, 0.717) is 0 Å². The maximum absolute atomic E-state index is 12.4. The molecule has 0 aromatic heterocycles. The molecule has 1 rings (SSSR count). The summed E-state index contributed by atoms with van der Waals surface area (Å²) in [4.78, 5) is 0. The van der Waals surface area contributed by atoms with Crippen molar-refractivity contribution in [1.82, 2.24) is 0 Å². The van der Waals surface area contributed by atoms with Crippen molar-refractivity contribution in [1.29, 1.82) is 0 Å². The largest absolute Gasteiger partial charge is 0.394 e. The van der Waals surface area contributed by atoms with E-state index in [1.165, 1.54) is 6.92 Å². The Labute approximate surface area is 97.9 Å². The fourth-order valence-corrected chi connectivity index (χ4v) is 1.46. The molecular formula is C10H17FO6. The quantitative estimate of drug-likeness (QED) is 0.495. The average Bonchev–Trinajstić information content (AvgIpc) is 2.29. The highest BCUT2D eigenvalue weighted by Gasteiger charge is 2.43. The second-order valence-corrected chi connectivity index (χ2v) is 3.82. The van der Waals surface area contributed by atoms with Gasteiger partial charge < -0.3 is 29.9 Å². The first-order valence-electron chi connectivity index (χ1n) is 5.21. The van der Waals surface area contributed by atoms with E-state index in [2.05, 4.69) is 0 Å². The van der Waals surface area contributed by atoms with Crippen LogP contribution in [0.1, 0.15) is 6.92 Å². The minimum atomic E-state index is -1.48. The van der Waals surface area contributed by atoms with Gasteiger partial charge in [-0.15, -0.1) is 0 Å². The monoisotopic (exact) mass is 252 g/mol. The summed E-state index contributed by atoms with van der Waals surface area (Å²) in [6, 6.07) is 0. The van der Waals surface area contributed by atoms with Crippen LogP contribution in [0.3, 0.4) is 0 Å². The minimum Gasteiger partial charge on any atom is -0.394 e. The molecule has 17 heavy (non-hydrogen) atoms. The third-order valence-corrected chi connectivity index (χ3v) is 2.47. The van der Waals surface area contributed by atoms with Crippen LogP contribution in [0.2, 0.25) is 0 Å². The van der Waals surface area contributed by atoms with Crippen molar-refractivity contribution in [2.75, 3.05) is 13.2 Å². The Morgan fingerprint density at radius 2 is 1.94 bits per heavy atom. The molecule has 0 aliphatic carbocycles. The number of halogens is 1. The molecule has 7 heteroatoms. The summed E-state index contributed by atoms with van der Waals surface area (Å²) >= 11 is 0. The lowest BCUT2D eigenvalue weighted by Gasteiger charge is -2.39. The Morgan fingerprint density at radius 3 is 2.47 bits per heavy atom. The molecule has 0 radical (unpaired) electrons. The summed E-state index contributed by atoms with van der Waals surface area (Å²) in [6.45, 7) is 0.560. The van der Waals surface area contributed by atoms with E-state index < -0.39 is 43.1 Å². The molecule has 1 heterocycles. The van der Waals surface area contributed by atoms with Gasteiger partial charge in [0.1, 0.15) is 24.4 Å². The predicted octanol–water partition coefficient (Wildman–Crippen LogP) is -1.32. The van der Waals surface area contributed by atoms with Crippen molar-refractivity contribution in [3.8, 4) is 0 Å². The number of allylic oxidation sites excluding steroid dienone is 1. The van der Waals surface area contributed by atoms with Gasteiger partial charge in [-0.05, 0) is 13.0 Å². The van der Waals surface area contributed by atoms with Crippen LogP contribution in [-0.2, 0) is 9.47 Å². The zero-order valence-corrected chi connectivity index (χ0v) is 9.36. The van der Waals surface area contributed by atoms with Crippen LogP contribution >= 0.6 is 0 Å². The van der Waals surface area contributed by atoms with E-state index in [0.717, 1.165) is 6.08 Å². The lowest BCUT2D eigenvalue weighted by atomic mass is 9.99. The third kappa shape index (κ3) is 3.70. The number of hydrogen-bond donors (Lipinski definition) is 4. The zero-order valence-electron chi connectivity index (χ0n) is 9.36. The summed E-state index contributed by atoms with van der Waals surface area (Å²) in [5, 5.41) is 37.3. The number of ether oxygens (including phenoxy) is 2. The van der Waals surface area contributed by atoms with Crippen molar-refractivity contribution in [2.45, 2.75) is 37.6 Å². The van der Waals surface area contributed by atoms with Crippen LogP contribution in [0.4, 0.5) is 4.39 Å². The molecule has 0 spiro atoms. The third-order valence-electron chi connectivity index (χ3n) is 2.47. The average molecular weight is 252 g/mol.